The van der Waals surface area contributed by atoms with Gasteiger partial charge in [0.1, 0.15) is 0 Å². The zero-order chi connectivity index (χ0) is 10.9. The van der Waals surface area contributed by atoms with Crippen LogP contribution in [0.4, 0.5) is 0 Å². The van der Waals surface area contributed by atoms with Crippen LogP contribution in [-0.4, -0.2) is 11.3 Å². The minimum Gasteiger partial charge on any atom is -0.310 e. The molecular formula is C13H20ClNS. The van der Waals surface area contributed by atoms with Gasteiger partial charge in [0.15, 0.2) is 0 Å². The first-order valence-electron chi connectivity index (χ1n) is 5.57. The lowest BCUT2D eigenvalue weighted by Gasteiger charge is -2.31. The molecule has 3 heteroatoms. The molecule has 1 aromatic carbocycles. The van der Waals surface area contributed by atoms with Crippen LogP contribution in [0.2, 0.25) is 0 Å². The topological polar surface area (TPSA) is 12.0 Å². The first-order chi connectivity index (χ1) is 7.06. The summed E-state index contributed by atoms with van der Waals surface area (Å²) in [7, 11) is 0. The van der Waals surface area contributed by atoms with Crippen molar-refractivity contribution in [1.29, 1.82) is 0 Å². The Morgan fingerprint density at radius 3 is 2.38 bits per heavy atom. The maximum Gasteiger partial charge on any atom is 0.0343 e. The van der Waals surface area contributed by atoms with Gasteiger partial charge in [0, 0.05) is 15.7 Å². The highest BCUT2D eigenvalue weighted by Gasteiger charge is 2.23. The molecule has 2 rings (SSSR count). The highest BCUT2D eigenvalue weighted by Crippen LogP contribution is 2.38. The van der Waals surface area contributed by atoms with Gasteiger partial charge in [0.2, 0.25) is 0 Å². The summed E-state index contributed by atoms with van der Waals surface area (Å²) < 4.78 is 0.292. The van der Waals surface area contributed by atoms with Crippen molar-refractivity contribution in [2.45, 2.75) is 42.9 Å². The first-order valence-corrected chi connectivity index (χ1v) is 6.39. The van der Waals surface area contributed by atoms with E-state index < -0.39 is 0 Å². The summed E-state index contributed by atoms with van der Waals surface area (Å²) in [6.07, 6.45) is 1.28. The van der Waals surface area contributed by atoms with Gasteiger partial charge in [-0.1, -0.05) is 39.0 Å². The quantitative estimate of drug-likeness (QED) is 0.803. The number of hydrogen-bond donors (Lipinski definition) is 1. The maximum absolute atomic E-state index is 3.47. The van der Waals surface area contributed by atoms with Gasteiger partial charge in [-0.3, -0.25) is 0 Å². The fraction of sp³-hybridized carbons (Fsp3) is 0.538. The van der Waals surface area contributed by atoms with E-state index in [1.807, 2.05) is 11.8 Å². The van der Waals surface area contributed by atoms with Crippen molar-refractivity contribution >= 4 is 24.2 Å². The molecule has 90 valence electrons. The van der Waals surface area contributed by atoms with Gasteiger partial charge in [0.25, 0.3) is 0 Å². The summed E-state index contributed by atoms with van der Waals surface area (Å²) >= 11 is 1.96. The van der Waals surface area contributed by atoms with Gasteiger partial charge in [0.05, 0.1) is 0 Å². The molecule has 1 nitrogen and oxygen atoms in total. The number of benzene rings is 1. The van der Waals surface area contributed by atoms with Crippen LogP contribution in [0.25, 0.3) is 0 Å². The van der Waals surface area contributed by atoms with Crippen LogP contribution < -0.4 is 5.32 Å². The van der Waals surface area contributed by atoms with Gasteiger partial charge < -0.3 is 5.32 Å². The third-order valence-electron chi connectivity index (χ3n) is 2.53. The van der Waals surface area contributed by atoms with Crippen LogP contribution in [0.5, 0.6) is 0 Å². The zero-order valence-electron chi connectivity index (χ0n) is 10.1. The molecule has 1 saturated heterocycles. The first kappa shape index (κ1) is 13.9. The number of hydrogen-bond acceptors (Lipinski definition) is 2. The van der Waals surface area contributed by atoms with Gasteiger partial charge in [-0.15, -0.1) is 24.2 Å². The highest BCUT2D eigenvalue weighted by atomic mass is 35.5. The summed E-state index contributed by atoms with van der Waals surface area (Å²) in [5.74, 6) is 0. The molecule has 1 heterocycles. The molecule has 0 radical (unpaired) electrons. The minimum absolute atomic E-state index is 0. The molecule has 0 spiro atoms. The Hall–Kier alpha value is -0.180. The third kappa shape index (κ3) is 3.41. The van der Waals surface area contributed by atoms with E-state index in [-0.39, 0.29) is 12.4 Å². The van der Waals surface area contributed by atoms with E-state index in [1.54, 1.807) is 0 Å². The van der Waals surface area contributed by atoms with E-state index in [2.05, 4.69) is 50.4 Å². The fourth-order valence-corrected chi connectivity index (χ4v) is 2.88. The Bertz CT molecular complexity index is 342. The predicted molar refractivity (Wildman–Crippen MR) is 74.7 cm³/mol. The molecule has 0 bridgehead atoms. The SMILES string of the molecule is CC(C)(C)Sc1ccccc1[C@H]1CCN1.Cl. The molecule has 0 saturated carbocycles. The molecule has 1 fully saturated rings. The van der Waals surface area contributed by atoms with E-state index in [0.717, 1.165) is 0 Å². The Morgan fingerprint density at radius 1 is 1.25 bits per heavy atom. The average Bonchev–Trinajstić information content (AvgIpc) is 2.02. The lowest BCUT2D eigenvalue weighted by Crippen LogP contribution is -2.35. The lowest BCUT2D eigenvalue weighted by atomic mass is 9.98. The Kier molecular flexibility index (Phi) is 4.72. The van der Waals surface area contributed by atoms with E-state index >= 15 is 0 Å². The van der Waals surface area contributed by atoms with Gasteiger partial charge in [-0.25, -0.2) is 0 Å². The van der Waals surface area contributed by atoms with Crippen molar-refractivity contribution in [3.8, 4) is 0 Å². The molecule has 0 aliphatic carbocycles. The monoisotopic (exact) mass is 257 g/mol. The molecule has 1 aliphatic rings. The van der Waals surface area contributed by atoms with E-state index in [1.165, 1.54) is 23.4 Å². The van der Waals surface area contributed by atoms with Gasteiger partial charge in [-0.2, -0.15) is 0 Å². The largest absolute Gasteiger partial charge is 0.310 e. The van der Waals surface area contributed by atoms with E-state index in [4.69, 9.17) is 0 Å². The van der Waals surface area contributed by atoms with Crippen molar-refractivity contribution < 1.29 is 0 Å². The summed E-state index contributed by atoms with van der Waals surface area (Å²) in [5.41, 5.74) is 1.48. The van der Waals surface area contributed by atoms with Crippen LogP contribution in [0.1, 0.15) is 38.8 Å². The van der Waals surface area contributed by atoms with Gasteiger partial charge in [-0.05, 0) is 24.6 Å². The average molecular weight is 258 g/mol. The summed E-state index contributed by atoms with van der Waals surface area (Å²) in [6.45, 7) is 7.97. The van der Waals surface area contributed by atoms with Crippen LogP contribution >= 0.6 is 24.2 Å². The number of nitrogens with one attached hydrogen (secondary N) is 1. The van der Waals surface area contributed by atoms with Crippen molar-refractivity contribution in [1.82, 2.24) is 5.32 Å². The second-order valence-electron chi connectivity index (χ2n) is 5.05. The van der Waals surface area contributed by atoms with Gasteiger partial charge >= 0.3 is 0 Å². The zero-order valence-corrected chi connectivity index (χ0v) is 11.8. The Labute approximate surface area is 109 Å². The standard InChI is InChI=1S/C13H19NS.ClH/c1-13(2,3)15-12-7-5-4-6-10(12)11-8-9-14-11;/h4-7,11,14H,8-9H2,1-3H3;1H/t11-;/m1./s1. The van der Waals surface area contributed by atoms with Crippen LogP contribution in [0.3, 0.4) is 0 Å². The molecule has 0 aromatic heterocycles. The molecule has 0 unspecified atom stereocenters. The normalized spacial score (nSPS) is 19.8. The third-order valence-corrected chi connectivity index (χ3v) is 3.74. The van der Waals surface area contributed by atoms with Crippen LogP contribution in [-0.2, 0) is 0 Å². The maximum atomic E-state index is 3.47. The summed E-state index contributed by atoms with van der Waals surface area (Å²) in [5, 5.41) is 3.47. The molecule has 1 aromatic rings. The lowest BCUT2D eigenvalue weighted by molar-refractivity contribution is 0.378. The second kappa shape index (κ2) is 5.44. The summed E-state index contributed by atoms with van der Waals surface area (Å²) in [6, 6.07) is 9.37. The molecule has 16 heavy (non-hydrogen) atoms. The fourth-order valence-electron chi connectivity index (χ4n) is 1.75. The molecule has 1 N–H and O–H groups in total. The molecule has 0 amide bonds. The van der Waals surface area contributed by atoms with Crippen molar-refractivity contribution in [3.05, 3.63) is 29.8 Å². The number of rotatable bonds is 2. The van der Waals surface area contributed by atoms with E-state index in [9.17, 15) is 0 Å². The minimum atomic E-state index is 0. The molecule has 1 atom stereocenters. The Balaban J connectivity index is 0.00000128. The molecular weight excluding hydrogens is 238 g/mol. The van der Waals surface area contributed by atoms with Crippen molar-refractivity contribution in [2.24, 2.45) is 0 Å². The van der Waals surface area contributed by atoms with Crippen molar-refractivity contribution in [2.75, 3.05) is 6.54 Å². The molecule has 1 aliphatic heterocycles. The predicted octanol–water partition coefficient (Wildman–Crippen LogP) is 4.03. The Morgan fingerprint density at radius 2 is 1.88 bits per heavy atom. The van der Waals surface area contributed by atoms with Crippen LogP contribution in [0, 0.1) is 0 Å². The van der Waals surface area contributed by atoms with E-state index in [0.29, 0.717) is 10.8 Å². The van der Waals surface area contributed by atoms with Crippen molar-refractivity contribution in [3.63, 3.8) is 0 Å². The van der Waals surface area contributed by atoms with Crippen LogP contribution in [0.15, 0.2) is 29.2 Å². The smallest absolute Gasteiger partial charge is 0.0343 e. The number of thioether (sulfide) groups is 1. The number of halogens is 1. The second-order valence-corrected chi connectivity index (χ2v) is 6.92. The highest BCUT2D eigenvalue weighted by molar-refractivity contribution is 8.00. The summed E-state index contributed by atoms with van der Waals surface area (Å²) in [4.78, 5) is 1.43.